The molecule has 2 aromatic rings. The second-order valence-corrected chi connectivity index (χ2v) is 6.96. The van der Waals surface area contributed by atoms with E-state index in [1.807, 2.05) is 30.5 Å². The van der Waals surface area contributed by atoms with Gasteiger partial charge in [0.15, 0.2) is 0 Å². The number of benzene rings is 1. The molecule has 3 rings (SSSR count). The molecule has 1 N–H and O–H groups in total. The number of aryl methyl sites for hydroxylation is 1. The Labute approximate surface area is 151 Å². The van der Waals surface area contributed by atoms with Crippen LogP contribution in [0, 0.1) is 5.92 Å². The van der Waals surface area contributed by atoms with Gasteiger partial charge < -0.3 is 9.88 Å². The molecule has 7 heteroatoms. The maximum Gasteiger partial charge on any atom is 0.401 e. The first-order chi connectivity index (χ1) is 12.4. The topological polar surface area (TPSA) is 37.3 Å². The number of fused-ring (bicyclic) bond motifs is 1. The molecule has 26 heavy (non-hydrogen) atoms. The van der Waals surface area contributed by atoms with Crippen LogP contribution in [-0.4, -0.2) is 41.2 Å². The third kappa shape index (κ3) is 4.58. The molecule has 1 amide bonds. The molecule has 1 aliphatic heterocycles. The maximum atomic E-state index is 12.6. The van der Waals surface area contributed by atoms with Crippen molar-refractivity contribution >= 4 is 22.5 Å². The molecule has 1 unspecified atom stereocenters. The van der Waals surface area contributed by atoms with Gasteiger partial charge in [-0.2, -0.15) is 13.2 Å². The first-order valence-corrected chi connectivity index (χ1v) is 9.04. The normalized spacial score (nSPS) is 19.0. The van der Waals surface area contributed by atoms with Crippen molar-refractivity contribution in [1.82, 2.24) is 9.47 Å². The SMILES string of the molecule is CCCn1ccc2ccc(NC(=O)C3CCCN(CC(F)(F)F)C3)cc21. The Morgan fingerprint density at radius 3 is 2.85 bits per heavy atom. The summed E-state index contributed by atoms with van der Waals surface area (Å²) >= 11 is 0. The van der Waals surface area contributed by atoms with Crippen LogP contribution < -0.4 is 5.32 Å². The van der Waals surface area contributed by atoms with Gasteiger partial charge in [-0.1, -0.05) is 13.0 Å². The molecule has 1 saturated heterocycles. The van der Waals surface area contributed by atoms with Crippen LogP contribution in [0.2, 0.25) is 0 Å². The quantitative estimate of drug-likeness (QED) is 0.857. The lowest BCUT2D eigenvalue weighted by Crippen LogP contribution is -2.44. The number of carbonyl (C=O) groups is 1. The lowest BCUT2D eigenvalue weighted by Gasteiger charge is -2.32. The molecule has 1 atom stereocenters. The minimum Gasteiger partial charge on any atom is -0.347 e. The molecule has 2 heterocycles. The summed E-state index contributed by atoms with van der Waals surface area (Å²) < 4.78 is 39.9. The van der Waals surface area contributed by atoms with Gasteiger partial charge in [-0.3, -0.25) is 9.69 Å². The van der Waals surface area contributed by atoms with Crippen LogP contribution in [0.3, 0.4) is 0 Å². The number of anilines is 1. The zero-order valence-corrected chi connectivity index (χ0v) is 14.9. The number of aromatic nitrogens is 1. The van der Waals surface area contributed by atoms with Crippen LogP contribution >= 0.6 is 0 Å². The van der Waals surface area contributed by atoms with Crippen LogP contribution in [0.15, 0.2) is 30.5 Å². The zero-order chi connectivity index (χ0) is 18.7. The minimum atomic E-state index is -4.23. The zero-order valence-electron chi connectivity index (χ0n) is 14.9. The van der Waals surface area contributed by atoms with E-state index in [2.05, 4.69) is 16.8 Å². The van der Waals surface area contributed by atoms with Gasteiger partial charge >= 0.3 is 6.18 Å². The lowest BCUT2D eigenvalue weighted by molar-refractivity contribution is -0.151. The first kappa shape index (κ1) is 18.8. The van der Waals surface area contributed by atoms with E-state index in [9.17, 15) is 18.0 Å². The molecule has 0 spiro atoms. The van der Waals surface area contributed by atoms with Crippen LogP contribution in [0.1, 0.15) is 26.2 Å². The molecular weight excluding hydrogens is 343 g/mol. The van der Waals surface area contributed by atoms with Crippen molar-refractivity contribution in [3.05, 3.63) is 30.5 Å². The summed E-state index contributed by atoms with van der Waals surface area (Å²) in [5, 5.41) is 3.99. The highest BCUT2D eigenvalue weighted by molar-refractivity contribution is 5.95. The third-order valence-electron chi connectivity index (χ3n) is 4.79. The first-order valence-electron chi connectivity index (χ1n) is 9.04. The molecule has 0 aliphatic carbocycles. The number of likely N-dealkylation sites (tertiary alicyclic amines) is 1. The average molecular weight is 367 g/mol. The molecule has 1 aliphatic rings. The highest BCUT2D eigenvalue weighted by atomic mass is 19.4. The molecule has 142 valence electrons. The Morgan fingerprint density at radius 2 is 2.12 bits per heavy atom. The summed E-state index contributed by atoms with van der Waals surface area (Å²) in [6, 6.07) is 7.76. The van der Waals surface area contributed by atoms with Crippen molar-refractivity contribution in [3.63, 3.8) is 0 Å². The van der Waals surface area contributed by atoms with Gasteiger partial charge in [0.1, 0.15) is 0 Å². The number of amides is 1. The fourth-order valence-corrected chi connectivity index (χ4v) is 3.61. The fraction of sp³-hybridized carbons (Fsp3) is 0.526. The summed E-state index contributed by atoms with van der Waals surface area (Å²) in [7, 11) is 0. The number of piperidine rings is 1. The third-order valence-corrected chi connectivity index (χ3v) is 4.79. The van der Waals surface area contributed by atoms with Crippen molar-refractivity contribution in [2.75, 3.05) is 25.0 Å². The maximum absolute atomic E-state index is 12.6. The Morgan fingerprint density at radius 1 is 1.31 bits per heavy atom. The molecule has 0 saturated carbocycles. The average Bonchev–Trinajstić information content (AvgIpc) is 2.96. The number of halogens is 3. The van der Waals surface area contributed by atoms with E-state index in [0.717, 1.165) is 23.9 Å². The van der Waals surface area contributed by atoms with E-state index < -0.39 is 18.6 Å². The Hall–Kier alpha value is -2.02. The second kappa shape index (κ2) is 7.70. The molecular formula is C19H24F3N3O. The lowest BCUT2D eigenvalue weighted by atomic mass is 9.97. The Balaban J connectivity index is 1.67. The van der Waals surface area contributed by atoms with Gasteiger partial charge in [0, 0.05) is 25.0 Å². The van der Waals surface area contributed by atoms with E-state index in [0.29, 0.717) is 25.1 Å². The van der Waals surface area contributed by atoms with Crippen LogP contribution in [0.4, 0.5) is 18.9 Å². The van der Waals surface area contributed by atoms with Crippen molar-refractivity contribution in [1.29, 1.82) is 0 Å². The van der Waals surface area contributed by atoms with Crippen LogP contribution in [0.25, 0.3) is 10.9 Å². The predicted octanol–water partition coefficient (Wildman–Crippen LogP) is 4.26. The number of hydrogen-bond donors (Lipinski definition) is 1. The summed E-state index contributed by atoms with van der Waals surface area (Å²) in [5.41, 5.74) is 1.73. The van der Waals surface area contributed by atoms with E-state index >= 15 is 0 Å². The molecule has 1 aromatic heterocycles. The van der Waals surface area contributed by atoms with Gasteiger partial charge in [0.05, 0.1) is 18.0 Å². The minimum absolute atomic E-state index is 0.153. The van der Waals surface area contributed by atoms with Gasteiger partial charge in [-0.05, 0) is 49.4 Å². The van der Waals surface area contributed by atoms with Gasteiger partial charge in [-0.25, -0.2) is 0 Å². The summed E-state index contributed by atoms with van der Waals surface area (Å²) in [4.78, 5) is 13.9. The highest BCUT2D eigenvalue weighted by Gasteiger charge is 2.34. The molecule has 0 radical (unpaired) electrons. The summed E-state index contributed by atoms with van der Waals surface area (Å²) in [6.07, 6.45) is 0.0304. The smallest absolute Gasteiger partial charge is 0.347 e. The number of rotatable bonds is 5. The molecule has 1 aromatic carbocycles. The molecule has 4 nitrogen and oxygen atoms in total. The number of alkyl halides is 3. The van der Waals surface area contributed by atoms with Crippen molar-refractivity contribution < 1.29 is 18.0 Å². The molecule has 1 fully saturated rings. The van der Waals surface area contributed by atoms with E-state index in [1.165, 1.54) is 4.90 Å². The number of carbonyl (C=O) groups excluding carboxylic acids is 1. The van der Waals surface area contributed by atoms with E-state index in [-0.39, 0.29) is 12.5 Å². The second-order valence-electron chi connectivity index (χ2n) is 6.96. The van der Waals surface area contributed by atoms with Crippen molar-refractivity contribution in [2.45, 2.75) is 38.9 Å². The number of hydrogen-bond acceptors (Lipinski definition) is 2. The van der Waals surface area contributed by atoms with Gasteiger partial charge in [-0.15, -0.1) is 0 Å². The number of nitrogens with zero attached hydrogens (tertiary/aromatic N) is 2. The van der Waals surface area contributed by atoms with Gasteiger partial charge in [0.2, 0.25) is 5.91 Å². The van der Waals surface area contributed by atoms with Crippen molar-refractivity contribution in [2.24, 2.45) is 5.92 Å². The van der Waals surface area contributed by atoms with Crippen LogP contribution in [0.5, 0.6) is 0 Å². The van der Waals surface area contributed by atoms with Crippen molar-refractivity contribution in [3.8, 4) is 0 Å². The largest absolute Gasteiger partial charge is 0.401 e. The van der Waals surface area contributed by atoms with Crippen LogP contribution in [-0.2, 0) is 11.3 Å². The number of nitrogens with one attached hydrogen (secondary N) is 1. The fourth-order valence-electron chi connectivity index (χ4n) is 3.61. The van der Waals surface area contributed by atoms with E-state index in [4.69, 9.17) is 0 Å². The van der Waals surface area contributed by atoms with E-state index in [1.54, 1.807) is 0 Å². The highest BCUT2D eigenvalue weighted by Crippen LogP contribution is 2.25. The van der Waals surface area contributed by atoms with Gasteiger partial charge in [0.25, 0.3) is 0 Å². The summed E-state index contributed by atoms with van der Waals surface area (Å²) in [5.74, 6) is -0.617. The monoisotopic (exact) mass is 367 g/mol. The predicted molar refractivity (Wildman–Crippen MR) is 96.1 cm³/mol. The Bertz CT molecular complexity index is 769. The standard InChI is InChI=1S/C19H24F3N3O/c1-2-8-25-10-7-14-5-6-16(11-17(14)25)23-18(26)15-4-3-9-24(12-15)13-19(20,21)22/h5-7,10-11,15H,2-4,8-9,12-13H2,1H3,(H,23,26). The summed E-state index contributed by atoms with van der Waals surface area (Å²) in [6.45, 7) is 2.59. The Kier molecular flexibility index (Phi) is 5.55. The molecule has 0 bridgehead atoms.